The lowest BCUT2D eigenvalue weighted by Crippen LogP contribution is -2.37. The number of carbonyl (C=O) groups is 2. The zero-order valence-corrected chi connectivity index (χ0v) is 9.61. The molecule has 0 aliphatic rings. The lowest BCUT2D eigenvalue weighted by atomic mass is 10.1. The van der Waals surface area contributed by atoms with Gasteiger partial charge in [-0.3, -0.25) is 9.59 Å². The van der Waals surface area contributed by atoms with Crippen LogP contribution >= 0.6 is 0 Å². The number of hydrogen-bond donors (Lipinski definition) is 1. The third-order valence-electron chi connectivity index (χ3n) is 2.19. The van der Waals surface area contributed by atoms with E-state index in [1.165, 1.54) is 6.92 Å². The summed E-state index contributed by atoms with van der Waals surface area (Å²) in [5, 5.41) is 2.55. The van der Waals surface area contributed by atoms with Gasteiger partial charge >= 0.3 is 0 Å². The summed E-state index contributed by atoms with van der Waals surface area (Å²) in [5.74, 6) is 0.371. The van der Waals surface area contributed by atoms with Crippen LogP contribution in [0.5, 0.6) is 5.75 Å². The maximum atomic E-state index is 11.8. The third kappa shape index (κ3) is 3.08. The molecule has 0 fully saturated rings. The summed E-state index contributed by atoms with van der Waals surface area (Å²) in [6.07, 6.45) is 0. The Kier molecular flexibility index (Phi) is 4.05. The van der Waals surface area contributed by atoms with Crippen molar-refractivity contribution in [2.75, 3.05) is 7.11 Å². The Morgan fingerprint density at radius 3 is 2.25 bits per heavy atom. The number of methoxy groups -OCH3 is 1. The normalized spacial score (nSPS) is 11.7. The first-order chi connectivity index (χ1) is 7.54. The highest BCUT2D eigenvalue weighted by atomic mass is 16.5. The number of ether oxygens (including phenoxy) is 1. The molecule has 86 valence electrons. The fourth-order valence-electron chi connectivity index (χ4n) is 1.38. The van der Waals surface area contributed by atoms with Crippen molar-refractivity contribution in [3.63, 3.8) is 0 Å². The Balaban J connectivity index is 2.75. The van der Waals surface area contributed by atoms with E-state index in [0.29, 0.717) is 11.3 Å². The van der Waals surface area contributed by atoms with Gasteiger partial charge in [-0.25, -0.2) is 0 Å². The van der Waals surface area contributed by atoms with Gasteiger partial charge < -0.3 is 10.1 Å². The summed E-state index contributed by atoms with van der Waals surface area (Å²) in [7, 11) is 1.57. The average Bonchev–Trinajstić information content (AvgIpc) is 2.27. The molecule has 0 spiro atoms. The first-order valence-corrected chi connectivity index (χ1v) is 5.00. The maximum Gasteiger partial charge on any atom is 0.217 e. The number of Topliss-reactive ketones (excluding diaryl/α,β-unsaturated/α-hetero) is 1. The fraction of sp³-hybridized carbons (Fsp3) is 0.333. The van der Waals surface area contributed by atoms with E-state index in [1.54, 1.807) is 38.3 Å². The molecule has 4 heteroatoms. The molecule has 0 saturated heterocycles. The topological polar surface area (TPSA) is 55.4 Å². The van der Waals surface area contributed by atoms with E-state index in [9.17, 15) is 9.59 Å². The van der Waals surface area contributed by atoms with E-state index in [1.807, 2.05) is 0 Å². The second kappa shape index (κ2) is 5.30. The minimum Gasteiger partial charge on any atom is -0.497 e. The van der Waals surface area contributed by atoms with E-state index >= 15 is 0 Å². The summed E-state index contributed by atoms with van der Waals surface area (Å²) in [5.41, 5.74) is 0.557. The van der Waals surface area contributed by atoms with Crippen molar-refractivity contribution in [1.29, 1.82) is 0 Å². The molecular weight excluding hydrogens is 206 g/mol. The monoisotopic (exact) mass is 221 g/mol. The molecule has 16 heavy (non-hydrogen) atoms. The fourth-order valence-corrected chi connectivity index (χ4v) is 1.38. The van der Waals surface area contributed by atoms with Crippen LogP contribution in [0.2, 0.25) is 0 Å². The first-order valence-electron chi connectivity index (χ1n) is 5.00. The first kappa shape index (κ1) is 12.2. The molecule has 1 amide bonds. The SMILES string of the molecule is COc1ccc(C(=O)[C@H](C)NC(C)=O)cc1. The number of nitrogens with one attached hydrogen (secondary N) is 1. The summed E-state index contributed by atoms with van der Waals surface area (Å²) in [6.45, 7) is 3.05. The Hall–Kier alpha value is -1.84. The van der Waals surface area contributed by atoms with Crippen LogP contribution in [0.25, 0.3) is 0 Å². The lowest BCUT2D eigenvalue weighted by Gasteiger charge is -2.11. The van der Waals surface area contributed by atoms with Gasteiger partial charge in [-0.05, 0) is 31.2 Å². The number of benzene rings is 1. The van der Waals surface area contributed by atoms with E-state index in [-0.39, 0.29) is 11.7 Å². The van der Waals surface area contributed by atoms with Crippen LogP contribution in [-0.4, -0.2) is 24.8 Å². The van der Waals surface area contributed by atoms with E-state index < -0.39 is 6.04 Å². The molecule has 0 bridgehead atoms. The highest BCUT2D eigenvalue weighted by Gasteiger charge is 2.15. The van der Waals surface area contributed by atoms with Gasteiger partial charge in [0.05, 0.1) is 13.2 Å². The zero-order chi connectivity index (χ0) is 12.1. The zero-order valence-electron chi connectivity index (χ0n) is 9.61. The Morgan fingerprint density at radius 1 is 1.25 bits per heavy atom. The average molecular weight is 221 g/mol. The molecule has 0 aromatic heterocycles. The van der Waals surface area contributed by atoms with E-state index in [0.717, 1.165) is 0 Å². The molecule has 1 aromatic carbocycles. The van der Waals surface area contributed by atoms with Crippen LogP contribution in [0.15, 0.2) is 24.3 Å². The van der Waals surface area contributed by atoms with Gasteiger partial charge in [0.1, 0.15) is 5.75 Å². The van der Waals surface area contributed by atoms with Crippen molar-refractivity contribution in [3.05, 3.63) is 29.8 Å². The molecule has 1 rings (SSSR count). The van der Waals surface area contributed by atoms with Gasteiger partial charge in [0.15, 0.2) is 5.78 Å². The molecule has 0 aliphatic heterocycles. The van der Waals surface area contributed by atoms with Crippen molar-refractivity contribution >= 4 is 11.7 Å². The van der Waals surface area contributed by atoms with E-state index in [4.69, 9.17) is 4.74 Å². The number of ketones is 1. The van der Waals surface area contributed by atoms with Gasteiger partial charge in [0.25, 0.3) is 0 Å². The van der Waals surface area contributed by atoms with Crippen LogP contribution in [-0.2, 0) is 4.79 Å². The Bertz CT molecular complexity index is 384. The number of rotatable bonds is 4. The molecule has 1 atom stereocenters. The summed E-state index contributed by atoms with van der Waals surface area (Å²) in [4.78, 5) is 22.6. The minimum atomic E-state index is -0.508. The Labute approximate surface area is 94.6 Å². The second-order valence-electron chi connectivity index (χ2n) is 3.51. The summed E-state index contributed by atoms with van der Waals surface area (Å²) in [6, 6.07) is 6.28. The molecule has 0 radical (unpaired) electrons. The number of carbonyl (C=O) groups excluding carboxylic acids is 2. The van der Waals surface area contributed by atoms with Crippen LogP contribution in [0.4, 0.5) is 0 Å². The highest BCUT2D eigenvalue weighted by molar-refractivity contribution is 6.01. The van der Waals surface area contributed by atoms with Crippen molar-refractivity contribution in [2.45, 2.75) is 19.9 Å². The van der Waals surface area contributed by atoms with Gasteiger partial charge in [0.2, 0.25) is 5.91 Å². The predicted octanol–water partition coefficient (Wildman–Crippen LogP) is 1.40. The largest absolute Gasteiger partial charge is 0.497 e. The van der Waals surface area contributed by atoms with Crippen molar-refractivity contribution in [3.8, 4) is 5.75 Å². The molecule has 1 aromatic rings. The molecule has 4 nitrogen and oxygen atoms in total. The van der Waals surface area contributed by atoms with Gasteiger partial charge in [-0.2, -0.15) is 0 Å². The third-order valence-corrected chi connectivity index (χ3v) is 2.19. The van der Waals surface area contributed by atoms with Crippen LogP contribution in [0, 0.1) is 0 Å². The highest BCUT2D eigenvalue weighted by Crippen LogP contribution is 2.12. The second-order valence-corrected chi connectivity index (χ2v) is 3.51. The van der Waals surface area contributed by atoms with Gasteiger partial charge in [-0.1, -0.05) is 0 Å². The van der Waals surface area contributed by atoms with Crippen molar-refractivity contribution in [2.24, 2.45) is 0 Å². The smallest absolute Gasteiger partial charge is 0.217 e. The van der Waals surface area contributed by atoms with Crippen LogP contribution in [0.1, 0.15) is 24.2 Å². The van der Waals surface area contributed by atoms with Crippen LogP contribution in [0.3, 0.4) is 0 Å². The lowest BCUT2D eigenvalue weighted by molar-refractivity contribution is -0.119. The molecule has 0 saturated carbocycles. The minimum absolute atomic E-state index is 0.113. The van der Waals surface area contributed by atoms with Crippen LogP contribution < -0.4 is 10.1 Å². The van der Waals surface area contributed by atoms with E-state index in [2.05, 4.69) is 5.32 Å². The standard InChI is InChI=1S/C12H15NO3/c1-8(13-9(2)14)12(15)10-4-6-11(16-3)7-5-10/h4-8H,1-3H3,(H,13,14)/t8-/m0/s1. The summed E-state index contributed by atoms with van der Waals surface area (Å²) < 4.78 is 4.99. The molecule has 1 N–H and O–H groups in total. The Morgan fingerprint density at radius 2 is 1.81 bits per heavy atom. The molecule has 0 unspecified atom stereocenters. The van der Waals surface area contributed by atoms with Gasteiger partial charge in [0, 0.05) is 12.5 Å². The predicted molar refractivity (Wildman–Crippen MR) is 60.6 cm³/mol. The summed E-state index contributed by atoms with van der Waals surface area (Å²) >= 11 is 0. The van der Waals surface area contributed by atoms with Crippen molar-refractivity contribution in [1.82, 2.24) is 5.32 Å². The van der Waals surface area contributed by atoms with Crippen molar-refractivity contribution < 1.29 is 14.3 Å². The number of amides is 1. The van der Waals surface area contributed by atoms with Gasteiger partial charge in [-0.15, -0.1) is 0 Å². The number of hydrogen-bond acceptors (Lipinski definition) is 3. The molecular formula is C12H15NO3. The molecule has 0 heterocycles. The quantitative estimate of drug-likeness (QED) is 0.782. The maximum absolute atomic E-state index is 11.8. The molecule has 0 aliphatic carbocycles.